The van der Waals surface area contributed by atoms with Crippen LogP contribution in [0.2, 0.25) is 0 Å². The maximum Gasteiger partial charge on any atom is 0.310 e. The van der Waals surface area contributed by atoms with Crippen LogP contribution in [0, 0.1) is 32.8 Å². The molecular formula is C15H10N4O2. The normalized spacial score (nSPS) is 9.48. The summed E-state index contributed by atoms with van der Waals surface area (Å²) in [5.74, 6) is 0. The minimum atomic E-state index is -0.561. The molecule has 0 aliphatic heterocycles. The third kappa shape index (κ3) is 2.65. The highest BCUT2D eigenvalue weighted by Crippen LogP contribution is 2.34. The van der Waals surface area contributed by atoms with E-state index in [0.29, 0.717) is 16.9 Å². The molecule has 2 rings (SSSR count). The van der Waals surface area contributed by atoms with E-state index in [-0.39, 0.29) is 11.3 Å². The van der Waals surface area contributed by atoms with Gasteiger partial charge in [0.2, 0.25) is 0 Å². The Labute approximate surface area is 121 Å². The quantitative estimate of drug-likeness (QED) is 0.635. The van der Waals surface area contributed by atoms with Gasteiger partial charge in [0.25, 0.3) is 0 Å². The molecule has 0 spiro atoms. The maximum atomic E-state index is 11.2. The number of hydrogen-bond donors (Lipinski definition) is 0. The number of nitrogens with zero attached hydrogens (tertiary/aromatic N) is 4. The van der Waals surface area contributed by atoms with Gasteiger partial charge in [-0.05, 0) is 36.4 Å². The molecule has 6 heteroatoms. The van der Waals surface area contributed by atoms with E-state index in [1.165, 1.54) is 6.07 Å². The van der Waals surface area contributed by atoms with Gasteiger partial charge in [-0.15, -0.1) is 0 Å². The first kappa shape index (κ1) is 14.0. The van der Waals surface area contributed by atoms with Crippen molar-refractivity contribution in [2.75, 3.05) is 11.9 Å². The molecule has 0 aliphatic carbocycles. The minimum absolute atomic E-state index is 0.0120. The Kier molecular flexibility index (Phi) is 3.83. The molecule has 102 valence electrons. The molecule has 21 heavy (non-hydrogen) atoms. The summed E-state index contributed by atoms with van der Waals surface area (Å²) in [6.07, 6.45) is 0. The highest BCUT2D eigenvalue weighted by molar-refractivity contribution is 5.75. The summed E-state index contributed by atoms with van der Waals surface area (Å²) in [4.78, 5) is 12.3. The van der Waals surface area contributed by atoms with E-state index < -0.39 is 4.92 Å². The van der Waals surface area contributed by atoms with Crippen molar-refractivity contribution >= 4 is 17.1 Å². The van der Waals surface area contributed by atoms with E-state index in [9.17, 15) is 10.1 Å². The number of hydrogen-bond acceptors (Lipinski definition) is 5. The molecule has 0 aliphatic rings. The number of rotatable bonds is 3. The van der Waals surface area contributed by atoms with Gasteiger partial charge in [-0.25, -0.2) is 0 Å². The Hall–Kier alpha value is -3.38. The van der Waals surface area contributed by atoms with E-state index in [0.717, 1.165) is 0 Å². The minimum Gasteiger partial charge on any atom is -0.339 e. The predicted octanol–water partition coefficient (Wildman–Crippen LogP) is 3.11. The van der Waals surface area contributed by atoms with E-state index in [1.54, 1.807) is 48.3 Å². The summed E-state index contributed by atoms with van der Waals surface area (Å²) in [7, 11) is 1.67. The van der Waals surface area contributed by atoms with Gasteiger partial charge < -0.3 is 4.90 Å². The standard InChI is InChI=1S/C15H10N4O2/c1-18(13-7-5-11(9-16)6-8-13)14-4-2-3-12(10-17)15(14)19(20)21/h2-8H,1H3. The summed E-state index contributed by atoms with van der Waals surface area (Å²) < 4.78 is 0. The lowest BCUT2D eigenvalue weighted by Crippen LogP contribution is -2.12. The van der Waals surface area contributed by atoms with Gasteiger partial charge >= 0.3 is 5.69 Å². The first-order chi connectivity index (χ1) is 10.1. The molecule has 0 heterocycles. The Morgan fingerprint density at radius 3 is 2.29 bits per heavy atom. The highest BCUT2D eigenvalue weighted by atomic mass is 16.6. The molecule has 0 fully saturated rings. The fraction of sp³-hybridized carbons (Fsp3) is 0.0667. The average molecular weight is 278 g/mol. The lowest BCUT2D eigenvalue weighted by molar-refractivity contribution is -0.384. The second kappa shape index (κ2) is 5.72. The van der Waals surface area contributed by atoms with Crippen LogP contribution in [0.3, 0.4) is 0 Å². The average Bonchev–Trinajstić information content (AvgIpc) is 2.53. The summed E-state index contributed by atoms with van der Waals surface area (Å²) in [5, 5.41) is 29.0. The number of anilines is 2. The fourth-order valence-corrected chi connectivity index (χ4v) is 1.98. The zero-order valence-corrected chi connectivity index (χ0v) is 11.1. The molecule has 0 amide bonds. The number of nitro benzene ring substituents is 1. The Morgan fingerprint density at radius 1 is 1.10 bits per heavy atom. The van der Waals surface area contributed by atoms with E-state index in [1.807, 2.05) is 12.1 Å². The third-order valence-electron chi connectivity index (χ3n) is 3.06. The Balaban J connectivity index is 2.53. The molecule has 2 aromatic carbocycles. The van der Waals surface area contributed by atoms with Gasteiger partial charge in [0.05, 0.1) is 16.6 Å². The Bertz CT molecular complexity index is 770. The van der Waals surface area contributed by atoms with Crippen LogP contribution in [0.4, 0.5) is 17.1 Å². The summed E-state index contributed by atoms with van der Waals surface area (Å²) in [6, 6.07) is 15.1. The molecule has 0 saturated carbocycles. The first-order valence-electron chi connectivity index (χ1n) is 6.00. The van der Waals surface area contributed by atoms with Crippen molar-refractivity contribution in [3.05, 3.63) is 63.7 Å². The number of para-hydroxylation sites is 1. The highest BCUT2D eigenvalue weighted by Gasteiger charge is 2.22. The molecule has 0 aromatic heterocycles. The number of nitro groups is 1. The first-order valence-corrected chi connectivity index (χ1v) is 6.00. The SMILES string of the molecule is CN(c1ccc(C#N)cc1)c1cccc(C#N)c1[N+](=O)[O-]. The lowest BCUT2D eigenvalue weighted by atomic mass is 10.1. The molecule has 0 bridgehead atoms. The van der Waals surface area contributed by atoms with E-state index >= 15 is 0 Å². The zero-order chi connectivity index (χ0) is 15.4. The third-order valence-corrected chi connectivity index (χ3v) is 3.06. The van der Waals surface area contributed by atoms with Crippen molar-refractivity contribution in [1.82, 2.24) is 0 Å². The van der Waals surface area contributed by atoms with Crippen LogP contribution in [0.5, 0.6) is 0 Å². The maximum absolute atomic E-state index is 11.2. The molecule has 0 radical (unpaired) electrons. The van der Waals surface area contributed by atoms with E-state index in [4.69, 9.17) is 10.5 Å². The van der Waals surface area contributed by atoms with Gasteiger partial charge in [-0.3, -0.25) is 10.1 Å². The van der Waals surface area contributed by atoms with E-state index in [2.05, 4.69) is 0 Å². The lowest BCUT2D eigenvalue weighted by Gasteiger charge is -2.19. The van der Waals surface area contributed by atoms with Gasteiger partial charge in [-0.2, -0.15) is 10.5 Å². The monoisotopic (exact) mass is 278 g/mol. The molecule has 6 nitrogen and oxygen atoms in total. The molecule has 0 unspecified atom stereocenters. The van der Waals surface area contributed by atoms with Crippen molar-refractivity contribution in [2.24, 2.45) is 0 Å². The number of nitriles is 2. The fourth-order valence-electron chi connectivity index (χ4n) is 1.98. The zero-order valence-electron chi connectivity index (χ0n) is 11.1. The predicted molar refractivity (Wildman–Crippen MR) is 77.0 cm³/mol. The van der Waals surface area contributed by atoms with Crippen molar-refractivity contribution in [1.29, 1.82) is 10.5 Å². The second-order valence-electron chi connectivity index (χ2n) is 4.26. The smallest absolute Gasteiger partial charge is 0.310 e. The van der Waals surface area contributed by atoms with Crippen LogP contribution in [0.25, 0.3) is 0 Å². The summed E-state index contributed by atoms with van der Waals surface area (Å²) in [6.45, 7) is 0. The molecule has 0 atom stereocenters. The second-order valence-corrected chi connectivity index (χ2v) is 4.26. The number of benzene rings is 2. The topological polar surface area (TPSA) is 94.0 Å². The van der Waals surface area contributed by atoms with Crippen LogP contribution in [-0.2, 0) is 0 Å². The largest absolute Gasteiger partial charge is 0.339 e. The van der Waals surface area contributed by atoms with Crippen molar-refractivity contribution in [3.63, 3.8) is 0 Å². The van der Waals surface area contributed by atoms with Crippen LogP contribution in [-0.4, -0.2) is 12.0 Å². The molecule has 2 aromatic rings. The van der Waals surface area contributed by atoms with Gasteiger partial charge in [0.1, 0.15) is 17.3 Å². The summed E-state index contributed by atoms with van der Waals surface area (Å²) >= 11 is 0. The molecular weight excluding hydrogens is 268 g/mol. The van der Waals surface area contributed by atoms with Crippen LogP contribution >= 0.6 is 0 Å². The Morgan fingerprint density at radius 2 is 1.76 bits per heavy atom. The van der Waals surface area contributed by atoms with Crippen molar-refractivity contribution in [2.45, 2.75) is 0 Å². The van der Waals surface area contributed by atoms with Crippen molar-refractivity contribution < 1.29 is 4.92 Å². The van der Waals surface area contributed by atoms with Crippen LogP contribution < -0.4 is 4.90 Å². The van der Waals surface area contributed by atoms with Gasteiger partial charge in [0.15, 0.2) is 0 Å². The van der Waals surface area contributed by atoms with Crippen LogP contribution in [0.15, 0.2) is 42.5 Å². The van der Waals surface area contributed by atoms with Gasteiger partial charge in [0, 0.05) is 12.7 Å². The van der Waals surface area contributed by atoms with Gasteiger partial charge in [-0.1, -0.05) is 6.07 Å². The van der Waals surface area contributed by atoms with Crippen molar-refractivity contribution in [3.8, 4) is 12.1 Å². The molecule has 0 saturated heterocycles. The summed E-state index contributed by atoms with van der Waals surface area (Å²) in [5.41, 5.74) is 1.30. The molecule has 0 N–H and O–H groups in total. The van der Waals surface area contributed by atoms with Crippen LogP contribution in [0.1, 0.15) is 11.1 Å².